The van der Waals surface area contributed by atoms with Crippen LogP contribution in [-0.4, -0.2) is 38.7 Å². The lowest BCUT2D eigenvalue weighted by Gasteiger charge is -2.23. The van der Waals surface area contributed by atoms with E-state index in [1.54, 1.807) is 35.1 Å². The average Bonchev–Trinajstić information content (AvgIpc) is 3.27. The average molecular weight is 462 g/mol. The Bertz CT molecular complexity index is 1030. The molecule has 1 aromatic carbocycles. The standard InChI is InChI=1S/C20H21BrFN5O2/c1-13-10-18(24-27(13)15-6-8-29-9-7-15)20(28)23-19-16(21)12-26(25-19)11-14-4-2-3-5-17(14)22/h2-5,10,12,15H,6-9,11H2,1H3,(H,23,25,28). The van der Waals surface area contributed by atoms with Crippen molar-refractivity contribution in [1.82, 2.24) is 19.6 Å². The number of anilines is 1. The second-order valence-corrected chi connectivity index (χ2v) is 7.88. The van der Waals surface area contributed by atoms with Gasteiger partial charge in [0.2, 0.25) is 0 Å². The van der Waals surface area contributed by atoms with Gasteiger partial charge in [-0.3, -0.25) is 14.2 Å². The molecule has 9 heteroatoms. The van der Waals surface area contributed by atoms with Crippen LogP contribution in [0.2, 0.25) is 0 Å². The highest BCUT2D eigenvalue weighted by atomic mass is 79.9. The van der Waals surface area contributed by atoms with Gasteiger partial charge in [0.05, 0.1) is 17.1 Å². The second kappa shape index (κ2) is 8.46. The third-order valence-corrected chi connectivity index (χ3v) is 5.51. The second-order valence-electron chi connectivity index (χ2n) is 7.03. The first-order valence-electron chi connectivity index (χ1n) is 9.43. The van der Waals surface area contributed by atoms with Crippen LogP contribution in [0.15, 0.2) is 41.0 Å². The molecule has 3 aromatic rings. The van der Waals surface area contributed by atoms with Crippen LogP contribution in [0, 0.1) is 12.7 Å². The van der Waals surface area contributed by atoms with Crippen LogP contribution in [-0.2, 0) is 11.3 Å². The molecule has 1 aliphatic rings. The Kier molecular flexibility index (Phi) is 5.77. The zero-order chi connectivity index (χ0) is 20.4. The van der Waals surface area contributed by atoms with Crippen LogP contribution < -0.4 is 5.32 Å². The van der Waals surface area contributed by atoms with E-state index in [1.807, 2.05) is 11.6 Å². The van der Waals surface area contributed by atoms with Crippen molar-refractivity contribution in [3.05, 3.63) is 63.8 Å². The maximum Gasteiger partial charge on any atom is 0.277 e. The van der Waals surface area contributed by atoms with Crippen molar-refractivity contribution >= 4 is 27.7 Å². The zero-order valence-corrected chi connectivity index (χ0v) is 17.5. The highest BCUT2D eigenvalue weighted by Crippen LogP contribution is 2.24. The van der Waals surface area contributed by atoms with Crippen LogP contribution >= 0.6 is 15.9 Å². The number of hydrogen-bond donors (Lipinski definition) is 1. The minimum Gasteiger partial charge on any atom is -0.381 e. The summed E-state index contributed by atoms with van der Waals surface area (Å²) in [7, 11) is 0. The van der Waals surface area contributed by atoms with Crippen molar-refractivity contribution in [3.8, 4) is 0 Å². The quantitative estimate of drug-likeness (QED) is 0.624. The number of benzene rings is 1. The Balaban J connectivity index is 1.47. The lowest BCUT2D eigenvalue weighted by molar-refractivity contribution is 0.0655. The summed E-state index contributed by atoms with van der Waals surface area (Å²) < 4.78 is 23.4. The summed E-state index contributed by atoms with van der Waals surface area (Å²) in [6.45, 7) is 3.62. The van der Waals surface area contributed by atoms with Gasteiger partial charge in [0.1, 0.15) is 5.82 Å². The number of nitrogens with one attached hydrogen (secondary N) is 1. The van der Waals surface area contributed by atoms with E-state index in [1.165, 1.54) is 6.07 Å². The van der Waals surface area contributed by atoms with Gasteiger partial charge in [0.25, 0.3) is 5.91 Å². The van der Waals surface area contributed by atoms with E-state index in [9.17, 15) is 9.18 Å². The number of nitrogens with zero attached hydrogens (tertiary/aromatic N) is 4. The Hall–Kier alpha value is -2.52. The first-order valence-corrected chi connectivity index (χ1v) is 10.2. The SMILES string of the molecule is Cc1cc(C(=O)Nc2nn(Cc3ccccc3F)cc2Br)nn1C1CCOCC1. The molecule has 0 radical (unpaired) electrons. The predicted molar refractivity (Wildman–Crippen MR) is 109 cm³/mol. The highest BCUT2D eigenvalue weighted by molar-refractivity contribution is 9.10. The number of hydrogen-bond acceptors (Lipinski definition) is 4. The highest BCUT2D eigenvalue weighted by Gasteiger charge is 2.22. The molecule has 0 atom stereocenters. The molecule has 3 heterocycles. The number of ether oxygens (including phenoxy) is 1. The monoisotopic (exact) mass is 461 g/mol. The third kappa shape index (κ3) is 4.40. The Morgan fingerprint density at radius 1 is 1.31 bits per heavy atom. The molecule has 1 saturated heterocycles. The van der Waals surface area contributed by atoms with E-state index in [0.29, 0.717) is 34.8 Å². The smallest absolute Gasteiger partial charge is 0.277 e. The molecular weight excluding hydrogens is 441 g/mol. The molecule has 0 bridgehead atoms. The van der Waals surface area contributed by atoms with Crippen LogP contribution in [0.4, 0.5) is 10.2 Å². The molecule has 0 spiro atoms. The molecular formula is C20H21BrFN5O2. The zero-order valence-electron chi connectivity index (χ0n) is 15.9. The number of amides is 1. The number of halogens is 2. The van der Waals surface area contributed by atoms with Gasteiger partial charge >= 0.3 is 0 Å². The third-order valence-electron chi connectivity index (χ3n) is 4.93. The molecule has 4 rings (SSSR count). The summed E-state index contributed by atoms with van der Waals surface area (Å²) in [5.41, 5.74) is 1.79. The van der Waals surface area contributed by atoms with Crippen molar-refractivity contribution < 1.29 is 13.9 Å². The van der Waals surface area contributed by atoms with Gasteiger partial charge in [-0.05, 0) is 47.8 Å². The minimum absolute atomic E-state index is 0.247. The van der Waals surface area contributed by atoms with Gasteiger partial charge in [0.15, 0.2) is 11.5 Å². The largest absolute Gasteiger partial charge is 0.381 e. The Morgan fingerprint density at radius 3 is 2.83 bits per heavy atom. The van der Waals surface area contributed by atoms with E-state index in [0.717, 1.165) is 18.5 Å². The van der Waals surface area contributed by atoms with Crippen LogP contribution in [0.3, 0.4) is 0 Å². The van der Waals surface area contributed by atoms with Crippen LogP contribution in [0.25, 0.3) is 0 Å². The van der Waals surface area contributed by atoms with E-state index in [2.05, 4.69) is 31.4 Å². The molecule has 2 aromatic heterocycles. The minimum atomic E-state index is -0.337. The fourth-order valence-corrected chi connectivity index (χ4v) is 3.85. The number of rotatable bonds is 5. The summed E-state index contributed by atoms with van der Waals surface area (Å²) in [5.74, 6) is -0.265. The van der Waals surface area contributed by atoms with Gasteiger partial charge in [-0.25, -0.2) is 4.39 Å². The molecule has 1 N–H and O–H groups in total. The van der Waals surface area contributed by atoms with Crippen molar-refractivity contribution in [2.75, 3.05) is 18.5 Å². The molecule has 0 unspecified atom stereocenters. The summed E-state index contributed by atoms with van der Waals surface area (Å²) in [4.78, 5) is 12.7. The topological polar surface area (TPSA) is 74.0 Å². The molecule has 1 fully saturated rings. The summed E-state index contributed by atoms with van der Waals surface area (Å²) in [6.07, 6.45) is 3.47. The molecule has 1 amide bonds. The Labute approximate surface area is 176 Å². The van der Waals surface area contributed by atoms with E-state index in [-0.39, 0.29) is 24.3 Å². The molecule has 0 saturated carbocycles. The lowest BCUT2D eigenvalue weighted by Crippen LogP contribution is -2.22. The van der Waals surface area contributed by atoms with Crippen molar-refractivity contribution in [2.24, 2.45) is 0 Å². The Morgan fingerprint density at radius 2 is 2.07 bits per heavy atom. The fraction of sp³-hybridized carbons (Fsp3) is 0.350. The molecule has 29 heavy (non-hydrogen) atoms. The summed E-state index contributed by atoms with van der Waals surface area (Å²) >= 11 is 3.40. The molecule has 0 aliphatic carbocycles. The van der Waals surface area contributed by atoms with Gasteiger partial charge in [-0.2, -0.15) is 10.2 Å². The van der Waals surface area contributed by atoms with Gasteiger partial charge in [-0.15, -0.1) is 0 Å². The predicted octanol–water partition coefficient (Wildman–Crippen LogP) is 3.94. The summed E-state index contributed by atoms with van der Waals surface area (Å²) in [6, 6.07) is 8.55. The van der Waals surface area contributed by atoms with Crippen LogP contribution in [0.1, 0.15) is 40.6 Å². The maximum atomic E-state index is 13.9. The number of carbonyl (C=O) groups excluding carboxylic acids is 1. The maximum absolute atomic E-state index is 13.9. The fourth-order valence-electron chi connectivity index (χ4n) is 3.43. The normalized spacial score (nSPS) is 14.9. The molecule has 1 aliphatic heterocycles. The van der Waals surface area contributed by atoms with Gasteiger partial charge in [-0.1, -0.05) is 18.2 Å². The van der Waals surface area contributed by atoms with E-state index in [4.69, 9.17) is 4.74 Å². The van der Waals surface area contributed by atoms with Crippen molar-refractivity contribution in [3.63, 3.8) is 0 Å². The van der Waals surface area contributed by atoms with Crippen LogP contribution in [0.5, 0.6) is 0 Å². The van der Waals surface area contributed by atoms with Crippen molar-refractivity contribution in [1.29, 1.82) is 0 Å². The lowest BCUT2D eigenvalue weighted by atomic mass is 10.1. The van der Waals surface area contributed by atoms with E-state index >= 15 is 0 Å². The van der Waals surface area contributed by atoms with Gasteiger partial charge in [0, 0.05) is 30.7 Å². The first kappa shape index (κ1) is 19.8. The number of carbonyl (C=O) groups is 1. The number of aryl methyl sites for hydroxylation is 1. The summed E-state index contributed by atoms with van der Waals surface area (Å²) in [5, 5.41) is 11.6. The number of aromatic nitrogens is 4. The van der Waals surface area contributed by atoms with E-state index < -0.39 is 0 Å². The molecule has 152 valence electrons. The van der Waals surface area contributed by atoms with Crippen molar-refractivity contribution in [2.45, 2.75) is 32.4 Å². The van der Waals surface area contributed by atoms with Gasteiger partial charge < -0.3 is 10.1 Å². The molecule has 7 nitrogen and oxygen atoms in total. The first-order chi connectivity index (χ1) is 14.0.